The molecule has 0 fully saturated rings. The van der Waals surface area contributed by atoms with Crippen molar-refractivity contribution in [2.24, 2.45) is 0 Å². The third kappa shape index (κ3) is 3.68. The number of carbonyl (C=O) groups is 1. The van der Waals surface area contributed by atoms with Crippen LogP contribution in [-0.4, -0.2) is 10.9 Å². The van der Waals surface area contributed by atoms with Crippen molar-refractivity contribution >= 4 is 23.5 Å². The van der Waals surface area contributed by atoms with E-state index in [1.165, 1.54) is 13.0 Å². The molecular weight excluding hydrogens is 349 g/mol. The smallest absolute Gasteiger partial charge is 0.417 e. The molecular formula is C16H10ClF3O4. The Kier molecular flexibility index (Phi) is 4.84. The fourth-order valence-electron chi connectivity index (χ4n) is 1.97. The molecule has 2 aromatic rings. The van der Waals surface area contributed by atoms with E-state index in [2.05, 4.69) is 0 Å². The minimum atomic E-state index is -4.64. The number of hydrogen-bond donors (Lipinski definition) is 1. The molecule has 1 aromatic carbocycles. The van der Waals surface area contributed by atoms with E-state index in [1.807, 2.05) is 0 Å². The van der Waals surface area contributed by atoms with Crippen molar-refractivity contribution in [2.75, 3.05) is 0 Å². The molecule has 0 aliphatic carbocycles. The predicted molar refractivity (Wildman–Crippen MR) is 81.2 cm³/mol. The van der Waals surface area contributed by atoms with Crippen LogP contribution in [0.5, 0.6) is 5.75 Å². The lowest BCUT2D eigenvalue weighted by molar-refractivity contribution is -0.137. The standard InChI is InChI=1S/C16H10ClF3O4/c1-8-7-12(22)13(15(23)24-8)11(21)6-5-9-3-2-4-10(14(9)17)16(18,19)20/h2-7,22H,1H3. The number of benzene rings is 1. The molecule has 0 radical (unpaired) electrons. The lowest BCUT2D eigenvalue weighted by Crippen LogP contribution is -2.13. The molecule has 2 rings (SSSR count). The van der Waals surface area contributed by atoms with Gasteiger partial charge >= 0.3 is 11.8 Å². The van der Waals surface area contributed by atoms with Gasteiger partial charge in [-0.3, -0.25) is 4.79 Å². The van der Waals surface area contributed by atoms with Gasteiger partial charge in [-0.25, -0.2) is 4.79 Å². The summed E-state index contributed by atoms with van der Waals surface area (Å²) in [6.07, 6.45) is -2.78. The van der Waals surface area contributed by atoms with Crippen molar-refractivity contribution in [3.05, 3.63) is 68.2 Å². The van der Waals surface area contributed by atoms with Crippen LogP contribution in [0.2, 0.25) is 5.02 Å². The lowest BCUT2D eigenvalue weighted by Gasteiger charge is -2.10. The predicted octanol–water partition coefficient (Wildman–Crippen LogP) is 4.22. The molecule has 0 saturated heterocycles. The molecule has 0 saturated carbocycles. The molecule has 0 aliphatic rings. The summed E-state index contributed by atoms with van der Waals surface area (Å²) in [5, 5.41) is 9.08. The molecule has 4 nitrogen and oxygen atoms in total. The monoisotopic (exact) mass is 358 g/mol. The highest BCUT2D eigenvalue weighted by atomic mass is 35.5. The Morgan fingerprint density at radius 3 is 2.58 bits per heavy atom. The Hall–Kier alpha value is -2.54. The first-order valence-corrected chi connectivity index (χ1v) is 6.91. The summed E-state index contributed by atoms with van der Waals surface area (Å²) in [5.41, 5.74) is -2.76. The van der Waals surface area contributed by atoms with Gasteiger partial charge in [-0.05, 0) is 30.7 Å². The van der Waals surface area contributed by atoms with Gasteiger partial charge in [-0.1, -0.05) is 23.7 Å². The number of aromatic hydroxyl groups is 1. The van der Waals surface area contributed by atoms with Gasteiger partial charge in [0.25, 0.3) is 0 Å². The average Bonchev–Trinajstić information content (AvgIpc) is 2.43. The number of halogens is 4. The van der Waals surface area contributed by atoms with Crippen LogP contribution in [-0.2, 0) is 6.18 Å². The fraction of sp³-hybridized carbons (Fsp3) is 0.125. The Morgan fingerprint density at radius 1 is 1.33 bits per heavy atom. The van der Waals surface area contributed by atoms with Gasteiger partial charge in [0.15, 0.2) is 5.78 Å². The Bertz CT molecular complexity index is 882. The molecule has 1 N–H and O–H groups in total. The first kappa shape index (κ1) is 17.8. The average molecular weight is 359 g/mol. The molecule has 0 unspecified atom stereocenters. The van der Waals surface area contributed by atoms with E-state index in [1.54, 1.807) is 0 Å². The number of carbonyl (C=O) groups excluding carboxylic acids is 1. The van der Waals surface area contributed by atoms with E-state index in [0.717, 1.165) is 30.4 Å². The van der Waals surface area contributed by atoms with E-state index < -0.39 is 39.5 Å². The minimum Gasteiger partial charge on any atom is -0.507 e. The zero-order valence-corrected chi connectivity index (χ0v) is 12.9. The summed E-state index contributed by atoms with van der Waals surface area (Å²) < 4.78 is 43.0. The van der Waals surface area contributed by atoms with Crippen LogP contribution in [0.15, 0.2) is 39.6 Å². The number of hydrogen-bond acceptors (Lipinski definition) is 4. The fourth-order valence-corrected chi connectivity index (χ4v) is 2.27. The Morgan fingerprint density at radius 2 is 2.00 bits per heavy atom. The van der Waals surface area contributed by atoms with Crippen molar-refractivity contribution in [2.45, 2.75) is 13.1 Å². The third-order valence-corrected chi connectivity index (χ3v) is 3.47. The van der Waals surface area contributed by atoms with Crippen LogP contribution in [0.25, 0.3) is 6.08 Å². The summed E-state index contributed by atoms with van der Waals surface area (Å²) >= 11 is 5.69. The maximum absolute atomic E-state index is 12.8. The van der Waals surface area contributed by atoms with Crippen molar-refractivity contribution < 1.29 is 27.5 Å². The van der Waals surface area contributed by atoms with Crippen LogP contribution in [0.1, 0.15) is 27.2 Å². The topological polar surface area (TPSA) is 67.5 Å². The molecule has 0 aliphatic heterocycles. The summed E-state index contributed by atoms with van der Waals surface area (Å²) in [7, 11) is 0. The molecule has 126 valence electrons. The second-order valence-electron chi connectivity index (χ2n) is 4.81. The van der Waals surface area contributed by atoms with Crippen molar-refractivity contribution in [1.82, 2.24) is 0 Å². The van der Waals surface area contributed by atoms with Crippen LogP contribution < -0.4 is 5.63 Å². The second-order valence-corrected chi connectivity index (χ2v) is 5.19. The van der Waals surface area contributed by atoms with Crippen LogP contribution >= 0.6 is 11.6 Å². The van der Waals surface area contributed by atoms with E-state index in [9.17, 15) is 27.9 Å². The zero-order chi connectivity index (χ0) is 18.1. The molecule has 0 amide bonds. The van der Waals surface area contributed by atoms with E-state index >= 15 is 0 Å². The number of aryl methyl sites for hydroxylation is 1. The van der Waals surface area contributed by atoms with E-state index in [4.69, 9.17) is 16.0 Å². The van der Waals surface area contributed by atoms with Gasteiger partial charge in [0, 0.05) is 6.07 Å². The maximum Gasteiger partial charge on any atom is 0.417 e. The maximum atomic E-state index is 12.8. The van der Waals surface area contributed by atoms with Crippen LogP contribution in [0.4, 0.5) is 13.2 Å². The molecule has 1 heterocycles. The summed E-state index contributed by atoms with van der Waals surface area (Å²) in [6.45, 7) is 1.41. The molecule has 0 spiro atoms. The van der Waals surface area contributed by atoms with E-state index in [0.29, 0.717) is 0 Å². The minimum absolute atomic E-state index is 0.0594. The Labute approximate surface area is 138 Å². The molecule has 0 atom stereocenters. The normalized spacial score (nSPS) is 11.9. The SMILES string of the molecule is Cc1cc(O)c(C(=O)C=Cc2cccc(C(F)(F)F)c2Cl)c(=O)o1. The third-order valence-electron chi connectivity index (χ3n) is 3.05. The first-order valence-electron chi connectivity index (χ1n) is 6.53. The van der Waals surface area contributed by atoms with Crippen LogP contribution in [0, 0.1) is 6.92 Å². The van der Waals surface area contributed by atoms with E-state index in [-0.39, 0.29) is 11.3 Å². The summed E-state index contributed by atoms with van der Waals surface area (Å²) in [5.74, 6) is -1.39. The molecule has 24 heavy (non-hydrogen) atoms. The lowest BCUT2D eigenvalue weighted by atomic mass is 10.1. The van der Waals surface area contributed by atoms with Crippen LogP contribution in [0.3, 0.4) is 0 Å². The molecule has 1 aromatic heterocycles. The highest BCUT2D eigenvalue weighted by molar-refractivity contribution is 6.33. The quantitative estimate of drug-likeness (QED) is 0.659. The first-order chi connectivity index (χ1) is 11.1. The highest BCUT2D eigenvalue weighted by Gasteiger charge is 2.33. The number of alkyl halides is 3. The highest BCUT2D eigenvalue weighted by Crippen LogP contribution is 2.36. The van der Waals surface area contributed by atoms with Gasteiger partial charge in [0.05, 0.1) is 10.6 Å². The van der Waals surface area contributed by atoms with Gasteiger partial charge in [-0.15, -0.1) is 0 Å². The molecule has 8 heteroatoms. The van der Waals surface area contributed by atoms with Gasteiger partial charge in [-0.2, -0.15) is 13.2 Å². The number of rotatable bonds is 3. The largest absolute Gasteiger partial charge is 0.507 e. The summed E-state index contributed by atoms with van der Waals surface area (Å²) in [6, 6.07) is 4.30. The molecule has 0 bridgehead atoms. The number of allylic oxidation sites excluding steroid dienone is 1. The van der Waals surface area contributed by atoms with Gasteiger partial charge in [0.1, 0.15) is 17.1 Å². The number of ketones is 1. The summed E-state index contributed by atoms with van der Waals surface area (Å²) in [4.78, 5) is 23.6. The second kappa shape index (κ2) is 6.52. The Balaban J connectivity index is 2.39. The van der Waals surface area contributed by atoms with Crippen molar-refractivity contribution in [3.8, 4) is 5.75 Å². The van der Waals surface area contributed by atoms with Crippen molar-refractivity contribution in [3.63, 3.8) is 0 Å². The zero-order valence-electron chi connectivity index (χ0n) is 12.1. The van der Waals surface area contributed by atoms with Gasteiger partial charge in [0.2, 0.25) is 0 Å². The van der Waals surface area contributed by atoms with Crippen molar-refractivity contribution in [1.29, 1.82) is 0 Å². The van der Waals surface area contributed by atoms with Gasteiger partial charge < -0.3 is 9.52 Å².